The van der Waals surface area contributed by atoms with Crippen molar-refractivity contribution in [3.63, 3.8) is 0 Å². The van der Waals surface area contributed by atoms with Crippen LogP contribution in [0, 0.1) is 6.92 Å². The minimum absolute atomic E-state index is 0.138. The average Bonchev–Trinajstić information content (AvgIpc) is 2.49. The van der Waals surface area contributed by atoms with Crippen LogP contribution in [0.25, 0.3) is 0 Å². The molecule has 1 aliphatic heterocycles. The molecule has 2 amide bonds. The van der Waals surface area contributed by atoms with Gasteiger partial charge < -0.3 is 15.3 Å². The molecule has 0 aromatic heterocycles. The molecule has 21 heavy (non-hydrogen) atoms. The largest absolute Gasteiger partial charge is 0.508 e. The van der Waals surface area contributed by atoms with Gasteiger partial charge in [-0.25, -0.2) is 0 Å². The number of rotatable bonds is 2. The first kappa shape index (κ1) is 15.4. The molecule has 1 unspecified atom stereocenters. The lowest BCUT2D eigenvalue weighted by Gasteiger charge is -2.34. The Morgan fingerprint density at radius 2 is 2.14 bits per heavy atom. The second kappa shape index (κ2) is 6.61. The molecule has 0 radical (unpaired) electrons. The molecule has 1 fully saturated rings. The van der Waals surface area contributed by atoms with E-state index in [1.54, 1.807) is 24.0 Å². The smallest absolute Gasteiger partial charge is 0.313 e. The van der Waals surface area contributed by atoms with Crippen LogP contribution in [-0.4, -0.2) is 34.4 Å². The molecule has 0 bridgehead atoms. The summed E-state index contributed by atoms with van der Waals surface area (Å²) < 4.78 is 0. The molecule has 1 aromatic rings. The van der Waals surface area contributed by atoms with Crippen molar-refractivity contribution >= 4 is 17.5 Å². The Labute approximate surface area is 125 Å². The van der Waals surface area contributed by atoms with E-state index >= 15 is 0 Å². The van der Waals surface area contributed by atoms with Crippen molar-refractivity contribution in [2.24, 2.45) is 0 Å². The molecule has 0 saturated carbocycles. The highest BCUT2D eigenvalue weighted by Crippen LogP contribution is 2.22. The number of nitrogens with zero attached hydrogens (tertiary/aromatic N) is 1. The van der Waals surface area contributed by atoms with Crippen LogP contribution in [0.2, 0.25) is 0 Å². The summed E-state index contributed by atoms with van der Waals surface area (Å²) in [6.07, 6.45) is 3.90. The third-order valence-electron chi connectivity index (χ3n) is 4.01. The van der Waals surface area contributed by atoms with Crippen molar-refractivity contribution < 1.29 is 14.7 Å². The Morgan fingerprint density at radius 1 is 1.38 bits per heavy atom. The Bertz CT molecular complexity index is 542. The zero-order valence-electron chi connectivity index (χ0n) is 12.6. The Balaban J connectivity index is 2.06. The number of aromatic hydroxyl groups is 1. The van der Waals surface area contributed by atoms with Crippen LogP contribution in [0.5, 0.6) is 5.75 Å². The predicted molar refractivity (Wildman–Crippen MR) is 81.1 cm³/mol. The van der Waals surface area contributed by atoms with Crippen LogP contribution in [0.3, 0.4) is 0 Å². The molecule has 1 atom stereocenters. The molecule has 0 spiro atoms. The van der Waals surface area contributed by atoms with Gasteiger partial charge in [-0.3, -0.25) is 9.59 Å². The monoisotopic (exact) mass is 290 g/mol. The number of amides is 2. The van der Waals surface area contributed by atoms with Crippen molar-refractivity contribution in [3.05, 3.63) is 23.8 Å². The molecule has 114 valence electrons. The van der Waals surface area contributed by atoms with Gasteiger partial charge in [0.05, 0.1) is 0 Å². The summed E-state index contributed by atoms with van der Waals surface area (Å²) in [6, 6.07) is 4.81. The predicted octanol–water partition coefficient (Wildman–Crippen LogP) is 2.43. The van der Waals surface area contributed by atoms with E-state index in [1.807, 2.05) is 6.92 Å². The van der Waals surface area contributed by atoms with Crippen molar-refractivity contribution in [1.82, 2.24) is 4.90 Å². The summed E-state index contributed by atoms with van der Waals surface area (Å²) in [4.78, 5) is 26.1. The van der Waals surface area contributed by atoms with Gasteiger partial charge in [-0.2, -0.15) is 0 Å². The van der Waals surface area contributed by atoms with Gasteiger partial charge in [-0.05, 0) is 56.4 Å². The maximum atomic E-state index is 12.3. The summed E-state index contributed by atoms with van der Waals surface area (Å²) in [6.45, 7) is 4.47. The van der Waals surface area contributed by atoms with E-state index in [2.05, 4.69) is 5.32 Å². The fourth-order valence-electron chi connectivity index (χ4n) is 2.79. The number of phenols is 1. The lowest BCUT2D eigenvalue weighted by Crippen LogP contribution is -2.48. The zero-order valence-corrected chi connectivity index (χ0v) is 12.6. The summed E-state index contributed by atoms with van der Waals surface area (Å²) in [7, 11) is 0. The Morgan fingerprint density at radius 3 is 2.81 bits per heavy atom. The molecule has 5 heteroatoms. The zero-order chi connectivity index (χ0) is 15.4. The average molecular weight is 290 g/mol. The van der Waals surface area contributed by atoms with Gasteiger partial charge in [0.1, 0.15) is 5.75 Å². The quantitative estimate of drug-likeness (QED) is 0.649. The van der Waals surface area contributed by atoms with Crippen molar-refractivity contribution in [2.75, 3.05) is 11.9 Å². The number of piperidine rings is 1. The number of hydrogen-bond donors (Lipinski definition) is 2. The van der Waals surface area contributed by atoms with Crippen LogP contribution in [0.4, 0.5) is 5.69 Å². The third-order valence-corrected chi connectivity index (χ3v) is 4.01. The van der Waals surface area contributed by atoms with E-state index in [0.717, 1.165) is 31.2 Å². The lowest BCUT2D eigenvalue weighted by molar-refractivity contribution is -0.145. The SMILES string of the molecule is CCC1CCCCN1C(=O)C(=O)Nc1ccc(O)cc1C. The van der Waals surface area contributed by atoms with E-state index in [9.17, 15) is 14.7 Å². The number of likely N-dealkylation sites (tertiary alicyclic amines) is 1. The first-order chi connectivity index (χ1) is 10.0. The molecule has 2 rings (SSSR count). The maximum absolute atomic E-state index is 12.3. The molecular weight excluding hydrogens is 268 g/mol. The molecule has 1 heterocycles. The third kappa shape index (κ3) is 3.54. The fraction of sp³-hybridized carbons (Fsp3) is 0.500. The Kier molecular flexibility index (Phi) is 4.83. The van der Waals surface area contributed by atoms with Crippen molar-refractivity contribution in [1.29, 1.82) is 0 Å². The highest BCUT2D eigenvalue weighted by atomic mass is 16.3. The van der Waals surface area contributed by atoms with Crippen LogP contribution in [0.15, 0.2) is 18.2 Å². The topological polar surface area (TPSA) is 69.6 Å². The van der Waals surface area contributed by atoms with Gasteiger partial charge >= 0.3 is 11.8 Å². The second-order valence-electron chi connectivity index (χ2n) is 5.51. The number of benzene rings is 1. The molecule has 2 N–H and O–H groups in total. The van der Waals surface area contributed by atoms with Gasteiger partial charge in [0.15, 0.2) is 0 Å². The van der Waals surface area contributed by atoms with Crippen molar-refractivity contribution in [3.8, 4) is 5.75 Å². The molecule has 1 saturated heterocycles. The van der Waals surface area contributed by atoms with E-state index < -0.39 is 11.8 Å². The molecule has 5 nitrogen and oxygen atoms in total. The summed E-state index contributed by atoms with van der Waals surface area (Å²) >= 11 is 0. The number of hydrogen-bond acceptors (Lipinski definition) is 3. The van der Waals surface area contributed by atoms with Crippen molar-refractivity contribution in [2.45, 2.75) is 45.6 Å². The minimum atomic E-state index is -0.607. The number of aryl methyl sites for hydroxylation is 1. The van der Waals surface area contributed by atoms with E-state index in [4.69, 9.17) is 0 Å². The van der Waals surface area contributed by atoms with E-state index in [-0.39, 0.29) is 11.8 Å². The van der Waals surface area contributed by atoms with Crippen LogP contribution >= 0.6 is 0 Å². The lowest BCUT2D eigenvalue weighted by atomic mass is 10.00. The number of nitrogens with one attached hydrogen (secondary N) is 1. The van der Waals surface area contributed by atoms with Gasteiger partial charge in [-0.15, -0.1) is 0 Å². The number of carbonyl (C=O) groups excluding carboxylic acids is 2. The number of anilines is 1. The Hall–Kier alpha value is -2.04. The summed E-state index contributed by atoms with van der Waals surface area (Å²) in [5.74, 6) is -0.933. The molecule has 1 aromatic carbocycles. The van der Waals surface area contributed by atoms with E-state index in [1.165, 1.54) is 6.07 Å². The highest BCUT2D eigenvalue weighted by molar-refractivity contribution is 6.39. The maximum Gasteiger partial charge on any atom is 0.313 e. The first-order valence-corrected chi connectivity index (χ1v) is 7.44. The second-order valence-corrected chi connectivity index (χ2v) is 5.51. The van der Waals surface area contributed by atoms with Crippen LogP contribution < -0.4 is 5.32 Å². The van der Waals surface area contributed by atoms with Crippen LogP contribution in [-0.2, 0) is 9.59 Å². The normalized spacial score (nSPS) is 18.4. The van der Waals surface area contributed by atoms with Gasteiger partial charge in [0, 0.05) is 18.3 Å². The number of phenolic OH excluding ortho intramolecular Hbond substituents is 1. The minimum Gasteiger partial charge on any atom is -0.508 e. The fourth-order valence-corrected chi connectivity index (χ4v) is 2.79. The van der Waals surface area contributed by atoms with Gasteiger partial charge in [-0.1, -0.05) is 6.92 Å². The van der Waals surface area contributed by atoms with Gasteiger partial charge in [0.2, 0.25) is 0 Å². The number of carbonyl (C=O) groups is 2. The van der Waals surface area contributed by atoms with E-state index in [0.29, 0.717) is 12.2 Å². The standard InChI is InChI=1S/C16H22N2O3/c1-3-12-6-4-5-9-18(12)16(21)15(20)17-14-8-7-13(19)10-11(14)2/h7-8,10,12,19H,3-6,9H2,1-2H3,(H,17,20). The molecule has 1 aliphatic rings. The van der Waals surface area contributed by atoms with Crippen LogP contribution in [0.1, 0.15) is 38.2 Å². The molecular formula is C16H22N2O3. The summed E-state index contributed by atoms with van der Waals surface area (Å²) in [5.41, 5.74) is 1.28. The first-order valence-electron chi connectivity index (χ1n) is 7.44. The summed E-state index contributed by atoms with van der Waals surface area (Å²) in [5, 5.41) is 12.0. The highest BCUT2D eigenvalue weighted by Gasteiger charge is 2.29. The molecule has 0 aliphatic carbocycles. The van der Waals surface area contributed by atoms with Gasteiger partial charge in [0.25, 0.3) is 0 Å².